The molecule has 1 aliphatic rings. The first-order chi connectivity index (χ1) is 13.8. The van der Waals surface area contributed by atoms with Gasteiger partial charge in [0.1, 0.15) is 11.6 Å². The first-order valence-corrected chi connectivity index (χ1v) is 11.7. The second-order valence-electron chi connectivity index (χ2n) is 6.78. The molecule has 1 N–H and O–H groups in total. The van der Waals surface area contributed by atoms with Crippen molar-refractivity contribution in [1.29, 1.82) is 0 Å². The highest BCUT2D eigenvalue weighted by Crippen LogP contribution is 2.20. The van der Waals surface area contributed by atoms with Gasteiger partial charge in [-0.1, -0.05) is 0 Å². The highest BCUT2D eigenvalue weighted by Gasteiger charge is 2.26. The Bertz CT molecular complexity index is 927. The molecule has 3 rings (SSSR count). The van der Waals surface area contributed by atoms with E-state index in [0.717, 1.165) is 17.0 Å². The fraction of sp³-hybridized carbons (Fsp3) is 0.350. The van der Waals surface area contributed by atoms with Gasteiger partial charge in [0.25, 0.3) is 0 Å². The molecular weight excluding hydrogens is 418 g/mol. The van der Waals surface area contributed by atoms with Crippen molar-refractivity contribution in [2.45, 2.75) is 35.1 Å². The van der Waals surface area contributed by atoms with Gasteiger partial charge in [-0.2, -0.15) is 0 Å². The molecule has 0 aliphatic carbocycles. The molecule has 2 aromatic carbocycles. The van der Waals surface area contributed by atoms with Crippen LogP contribution in [0.5, 0.6) is 0 Å². The molecule has 0 bridgehead atoms. The molecule has 9 heteroatoms. The number of piperidine rings is 1. The lowest BCUT2D eigenvalue weighted by Crippen LogP contribution is -2.46. The monoisotopic (exact) mass is 440 g/mol. The van der Waals surface area contributed by atoms with Crippen LogP contribution >= 0.6 is 11.8 Å². The summed E-state index contributed by atoms with van der Waals surface area (Å²) in [5, 5.41) is 0. The number of likely N-dealkylation sites (tertiary alicyclic amines) is 1. The zero-order valence-corrected chi connectivity index (χ0v) is 17.3. The quantitative estimate of drug-likeness (QED) is 0.670. The van der Waals surface area contributed by atoms with E-state index in [9.17, 15) is 22.0 Å². The smallest absolute Gasteiger partial charge is 0.240 e. The molecule has 1 aliphatic heterocycles. The van der Waals surface area contributed by atoms with Gasteiger partial charge in [0.15, 0.2) is 0 Å². The summed E-state index contributed by atoms with van der Waals surface area (Å²) in [6.07, 6.45) is 1.42. The van der Waals surface area contributed by atoms with E-state index >= 15 is 0 Å². The number of benzene rings is 2. The molecule has 1 fully saturated rings. The van der Waals surface area contributed by atoms with E-state index in [0.29, 0.717) is 38.1 Å². The van der Waals surface area contributed by atoms with Crippen LogP contribution in [0.1, 0.15) is 19.3 Å². The zero-order valence-electron chi connectivity index (χ0n) is 15.7. The number of hydrogen-bond donors (Lipinski definition) is 1. The Morgan fingerprint density at radius 3 is 2.14 bits per heavy atom. The minimum atomic E-state index is -3.71. The number of carbonyl (C=O) groups is 1. The van der Waals surface area contributed by atoms with Crippen LogP contribution in [0.3, 0.4) is 0 Å². The number of hydrogen-bond acceptors (Lipinski definition) is 4. The average Bonchev–Trinajstić information content (AvgIpc) is 2.70. The number of nitrogens with zero attached hydrogens (tertiary/aromatic N) is 1. The Labute approximate surface area is 173 Å². The second kappa shape index (κ2) is 9.69. The maximum atomic E-state index is 13.0. The van der Waals surface area contributed by atoms with E-state index in [1.165, 1.54) is 36.0 Å². The summed E-state index contributed by atoms with van der Waals surface area (Å²) in [5.74, 6) is -0.155. The van der Waals surface area contributed by atoms with E-state index in [1.54, 1.807) is 17.0 Å². The van der Waals surface area contributed by atoms with Crippen LogP contribution in [0.4, 0.5) is 8.78 Å². The number of amides is 1. The second-order valence-corrected chi connectivity index (χ2v) is 9.66. The zero-order chi connectivity index (χ0) is 20.9. The Morgan fingerprint density at radius 2 is 1.55 bits per heavy atom. The van der Waals surface area contributed by atoms with E-state index in [4.69, 9.17) is 0 Å². The van der Waals surface area contributed by atoms with Gasteiger partial charge in [-0.3, -0.25) is 4.79 Å². The van der Waals surface area contributed by atoms with Crippen molar-refractivity contribution in [3.8, 4) is 0 Å². The van der Waals surface area contributed by atoms with Crippen LogP contribution in [0.15, 0.2) is 58.3 Å². The van der Waals surface area contributed by atoms with Gasteiger partial charge in [0.05, 0.1) is 4.90 Å². The molecule has 29 heavy (non-hydrogen) atoms. The summed E-state index contributed by atoms with van der Waals surface area (Å²) >= 11 is 1.50. The van der Waals surface area contributed by atoms with Gasteiger partial charge in [-0.05, 0) is 61.4 Å². The molecule has 0 radical (unpaired) electrons. The van der Waals surface area contributed by atoms with Gasteiger partial charge >= 0.3 is 0 Å². The largest absolute Gasteiger partial charge is 0.343 e. The van der Waals surface area contributed by atoms with Gasteiger partial charge in [-0.25, -0.2) is 21.9 Å². The molecule has 156 valence electrons. The normalized spacial score (nSPS) is 15.4. The molecule has 0 aromatic heterocycles. The lowest BCUT2D eigenvalue weighted by Gasteiger charge is -2.32. The van der Waals surface area contributed by atoms with Gasteiger partial charge in [-0.15, -0.1) is 11.8 Å². The van der Waals surface area contributed by atoms with Crippen LogP contribution in [0, 0.1) is 11.6 Å². The van der Waals surface area contributed by atoms with Crippen molar-refractivity contribution in [2.75, 3.05) is 18.8 Å². The van der Waals surface area contributed by atoms with Crippen LogP contribution in [-0.2, 0) is 14.8 Å². The Balaban J connectivity index is 1.43. The third kappa shape index (κ3) is 6.25. The maximum absolute atomic E-state index is 13.0. The molecule has 5 nitrogen and oxygen atoms in total. The minimum absolute atomic E-state index is 0.0234. The van der Waals surface area contributed by atoms with Crippen LogP contribution in [0.2, 0.25) is 0 Å². The summed E-state index contributed by atoms with van der Waals surface area (Å²) in [7, 11) is -3.71. The maximum Gasteiger partial charge on any atom is 0.240 e. The first kappa shape index (κ1) is 21.7. The molecule has 0 saturated carbocycles. The standard InChI is InChI=1S/C20H22F2N2O3S2/c21-15-1-5-18(6-2-15)28-14-11-20(25)24-12-9-17(10-13-24)23-29(26,27)19-7-3-16(22)4-8-19/h1-8,17,23H,9-14H2. The van der Waals surface area contributed by atoms with Crippen molar-refractivity contribution in [3.05, 3.63) is 60.2 Å². The summed E-state index contributed by atoms with van der Waals surface area (Å²) in [5.41, 5.74) is 0. The number of rotatable bonds is 7. The lowest BCUT2D eigenvalue weighted by atomic mass is 10.1. The topological polar surface area (TPSA) is 66.5 Å². The third-order valence-corrected chi connectivity index (χ3v) is 7.24. The Kier molecular flexibility index (Phi) is 7.26. The van der Waals surface area contributed by atoms with E-state index in [-0.39, 0.29) is 22.7 Å². The fourth-order valence-corrected chi connectivity index (χ4v) is 5.24. The van der Waals surface area contributed by atoms with E-state index in [2.05, 4.69) is 4.72 Å². The molecule has 1 heterocycles. The Hall–Kier alpha value is -1.97. The summed E-state index contributed by atoms with van der Waals surface area (Å²) in [6, 6.07) is 10.6. The van der Waals surface area contributed by atoms with Crippen molar-refractivity contribution >= 4 is 27.7 Å². The lowest BCUT2D eigenvalue weighted by molar-refractivity contribution is -0.131. The number of nitrogens with one attached hydrogen (secondary N) is 1. The number of carbonyl (C=O) groups excluding carboxylic acids is 1. The highest BCUT2D eigenvalue weighted by atomic mass is 32.2. The van der Waals surface area contributed by atoms with Crippen LogP contribution in [0.25, 0.3) is 0 Å². The van der Waals surface area contributed by atoms with Crippen LogP contribution < -0.4 is 4.72 Å². The van der Waals surface area contributed by atoms with Crippen molar-refractivity contribution in [1.82, 2.24) is 9.62 Å². The minimum Gasteiger partial charge on any atom is -0.343 e. The Morgan fingerprint density at radius 1 is 1.00 bits per heavy atom. The number of halogens is 2. The molecule has 0 atom stereocenters. The predicted molar refractivity (Wildman–Crippen MR) is 108 cm³/mol. The highest BCUT2D eigenvalue weighted by molar-refractivity contribution is 7.99. The van der Waals surface area contributed by atoms with Crippen molar-refractivity contribution in [3.63, 3.8) is 0 Å². The number of sulfonamides is 1. The van der Waals surface area contributed by atoms with Gasteiger partial charge in [0.2, 0.25) is 15.9 Å². The van der Waals surface area contributed by atoms with Gasteiger partial charge in [0, 0.05) is 36.2 Å². The molecule has 0 spiro atoms. The van der Waals surface area contributed by atoms with E-state index in [1.807, 2.05) is 0 Å². The summed E-state index contributed by atoms with van der Waals surface area (Å²) < 4.78 is 53.3. The van der Waals surface area contributed by atoms with Crippen molar-refractivity contribution < 1.29 is 22.0 Å². The number of thioether (sulfide) groups is 1. The van der Waals surface area contributed by atoms with E-state index < -0.39 is 15.8 Å². The SMILES string of the molecule is O=C(CCSc1ccc(F)cc1)N1CCC(NS(=O)(=O)c2ccc(F)cc2)CC1. The molecule has 1 saturated heterocycles. The van der Waals surface area contributed by atoms with Gasteiger partial charge < -0.3 is 4.90 Å². The summed E-state index contributed by atoms with van der Waals surface area (Å²) in [4.78, 5) is 15.0. The third-order valence-electron chi connectivity index (χ3n) is 4.69. The molecule has 1 amide bonds. The van der Waals surface area contributed by atoms with Crippen LogP contribution in [-0.4, -0.2) is 44.1 Å². The fourth-order valence-electron chi connectivity index (χ4n) is 3.09. The molecular formula is C20H22F2N2O3S2. The molecule has 0 unspecified atom stereocenters. The average molecular weight is 441 g/mol. The predicted octanol–water partition coefficient (Wildman–Crippen LogP) is 3.42. The molecule has 2 aromatic rings. The first-order valence-electron chi connectivity index (χ1n) is 9.27. The van der Waals surface area contributed by atoms with Crippen molar-refractivity contribution in [2.24, 2.45) is 0 Å². The summed E-state index contributed by atoms with van der Waals surface area (Å²) in [6.45, 7) is 0.966.